The van der Waals surface area contributed by atoms with Crippen molar-refractivity contribution in [1.82, 2.24) is 15.0 Å². The highest BCUT2D eigenvalue weighted by atomic mass is 35.5. The largest absolute Gasteiger partial charge is 0.424 e. The van der Waals surface area contributed by atoms with E-state index in [4.69, 9.17) is 16.3 Å². The van der Waals surface area contributed by atoms with Crippen molar-refractivity contribution < 1.29 is 17.9 Å². The second-order valence-corrected chi connectivity index (χ2v) is 6.26. The Morgan fingerprint density at radius 3 is 2.58 bits per heavy atom. The van der Waals surface area contributed by atoms with Crippen molar-refractivity contribution in [3.05, 3.63) is 52.9 Å². The summed E-state index contributed by atoms with van der Waals surface area (Å²) < 4.78 is 43.2. The monoisotopic (exact) mass is 381 g/mol. The van der Waals surface area contributed by atoms with Crippen LogP contribution < -0.4 is 4.74 Å². The van der Waals surface area contributed by atoms with Crippen molar-refractivity contribution >= 4 is 22.5 Å². The molecule has 3 rings (SSSR count). The maximum Gasteiger partial charge on any atom is 0.389 e. The van der Waals surface area contributed by atoms with Crippen LogP contribution in [-0.4, -0.2) is 21.1 Å². The molecule has 1 aromatic carbocycles. The summed E-state index contributed by atoms with van der Waals surface area (Å²) in [6.07, 6.45) is -1.94. The first-order valence-electron chi connectivity index (χ1n) is 7.93. The lowest BCUT2D eigenvalue weighted by molar-refractivity contribution is -0.135. The minimum atomic E-state index is -4.17. The van der Waals surface area contributed by atoms with Crippen LogP contribution in [0.25, 0.3) is 10.9 Å². The van der Waals surface area contributed by atoms with Crippen LogP contribution >= 0.6 is 11.6 Å². The SMILES string of the molecule is Cc1cc(CCCC(F)(F)F)c2c(Oc3ncc(Cl)cn3)cccc2n1. The number of benzene rings is 1. The fourth-order valence-corrected chi connectivity index (χ4v) is 2.79. The molecule has 26 heavy (non-hydrogen) atoms. The summed E-state index contributed by atoms with van der Waals surface area (Å²) in [5.74, 6) is 0.444. The highest BCUT2D eigenvalue weighted by molar-refractivity contribution is 6.30. The Morgan fingerprint density at radius 2 is 1.88 bits per heavy atom. The molecule has 4 nitrogen and oxygen atoms in total. The van der Waals surface area contributed by atoms with Crippen LogP contribution in [0.1, 0.15) is 24.1 Å². The first-order chi connectivity index (χ1) is 12.3. The lowest BCUT2D eigenvalue weighted by Gasteiger charge is -2.13. The van der Waals surface area contributed by atoms with Crippen molar-refractivity contribution in [3.8, 4) is 11.8 Å². The second kappa shape index (κ2) is 7.45. The van der Waals surface area contributed by atoms with E-state index in [9.17, 15) is 13.2 Å². The van der Waals surface area contributed by atoms with E-state index < -0.39 is 12.6 Å². The summed E-state index contributed by atoms with van der Waals surface area (Å²) in [4.78, 5) is 12.4. The van der Waals surface area contributed by atoms with Crippen LogP contribution in [0.2, 0.25) is 5.02 Å². The van der Waals surface area contributed by atoms with E-state index in [1.165, 1.54) is 12.4 Å². The maximum absolute atomic E-state index is 12.5. The predicted octanol–water partition coefficient (Wildman–Crippen LogP) is 5.66. The van der Waals surface area contributed by atoms with Gasteiger partial charge < -0.3 is 4.74 Å². The minimum absolute atomic E-state index is 0.00612. The van der Waals surface area contributed by atoms with Crippen LogP contribution in [0.15, 0.2) is 36.7 Å². The van der Waals surface area contributed by atoms with Gasteiger partial charge in [0.05, 0.1) is 22.9 Å². The molecule has 0 amide bonds. The quantitative estimate of drug-likeness (QED) is 0.571. The molecule has 2 heterocycles. The van der Waals surface area contributed by atoms with Gasteiger partial charge in [0.1, 0.15) is 5.75 Å². The van der Waals surface area contributed by atoms with Crippen molar-refractivity contribution in [2.24, 2.45) is 0 Å². The molecule has 0 saturated heterocycles. The molecule has 2 aromatic heterocycles. The van der Waals surface area contributed by atoms with Crippen LogP contribution in [0.3, 0.4) is 0 Å². The van der Waals surface area contributed by atoms with E-state index >= 15 is 0 Å². The molecule has 136 valence electrons. The van der Waals surface area contributed by atoms with Gasteiger partial charge in [-0.2, -0.15) is 13.2 Å². The van der Waals surface area contributed by atoms with Gasteiger partial charge in [0, 0.05) is 17.5 Å². The van der Waals surface area contributed by atoms with E-state index in [0.29, 0.717) is 21.7 Å². The van der Waals surface area contributed by atoms with Crippen LogP contribution in [-0.2, 0) is 6.42 Å². The van der Waals surface area contributed by atoms with Gasteiger partial charge in [-0.1, -0.05) is 17.7 Å². The molecule has 0 unspecified atom stereocenters. The van der Waals surface area contributed by atoms with Gasteiger partial charge in [-0.25, -0.2) is 9.97 Å². The molecule has 0 aliphatic heterocycles. The fourth-order valence-electron chi connectivity index (χ4n) is 2.70. The Balaban J connectivity index is 1.96. The third-order valence-corrected chi connectivity index (χ3v) is 3.90. The van der Waals surface area contributed by atoms with Gasteiger partial charge in [-0.3, -0.25) is 4.98 Å². The van der Waals surface area contributed by atoms with E-state index in [1.54, 1.807) is 24.3 Å². The molecule has 8 heteroatoms. The fraction of sp³-hybridized carbons (Fsp3) is 0.278. The smallest absolute Gasteiger partial charge is 0.389 e. The highest BCUT2D eigenvalue weighted by Crippen LogP contribution is 2.33. The molecule has 0 spiro atoms. The lowest BCUT2D eigenvalue weighted by Crippen LogP contribution is -2.07. The van der Waals surface area contributed by atoms with Gasteiger partial charge in [0.2, 0.25) is 0 Å². The Hall–Kier alpha value is -2.41. The number of aryl methyl sites for hydroxylation is 2. The summed E-state index contributed by atoms with van der Waals surface area (Å²) in [5, 5.41) is 1.04. The Morgan fingerprint density at radius 1 is 1.15 bits per heavy atom. The van der Waals surface area contributed by atoms with Crippen LogP contribution in [0, 0.1) is 6.92 Å². The number of alkyl halides is 3. The highest BCUT2D eigenvalue weighted by Gasteiger charge is 2.26. The van der Waals surface area contributed by atoms with Crippen molar-refractivity contribution in [2.75, 3.05) is 0 Å². The lowest BCUT2D eigenvalue weighted by atomic mass is 10.0. The molecule has 3 aromatic rings. The summed E-state index contributed by atoms with van der Waals surface area (Å²) in [6, 6.07) is 7.16. The normalized spacial score (nSPS) is 11.7. The molecule has 0 aliphatic carbocycles. The number of nitrogens with zero attached hydrogens (tertiary/aromatic N) is 3. The minimum Gasteiger partial charge on any atom is -0.424 e. The first-order valence-corrected chi connectivity index (χ1v) is 8.31. The van der Waals surface area contributed by atoms with Gasteiger partial charge in [0.25, 0.3) is 0 Å². The van der Waals surface area contributed by atoms with Crippen molar-refractivity contribution in [3.63, 3.8) is 0 Å². The topological polar surface area (TPSA) is 47.9 Å². The molecule has 0 bridgehead atoms. The average Bonchev–Trinajstić information content (AvgIpc) is 2.55. The van der Waals surface area contributed by atoms with Gasteiger partial charge in [-0.05, 0) is 43.5 Å². The summed E-state index contributed by atoms with van der Waals surface area (Å²) >= 11 is 5.76. The first kappa shape index (κ1) is 18.4. The molecule has 0 aliphatic rings. The third kappa shape index (κ3) is 4.60. The summed E-state index contributed by atoms with van der Waals surface area (Å²) in [6.45, 7) is 1.81. The molecular weight excluding hydrogens is 367 g/mol. The number of hydrogen-bond acceptors (Lipinski definition) is 4. The molecule has 0 N–H and O–H groups in total. The Kier molecular flexibility index (Phi) is 5.27. The number of ether oxygens (including phenoxy) is 1. The van der Waals surface area contributed by atoms with E-state index in [0.717, 1.165) is 11.3 Å². The third-order valence-electron chi connectivity index (χ3n) is 3.71. The standard InChI is InChI=1S/C18H15ClF3N3O/c1-11-8-12(4-3-7-18(20,21)22)16-14(25-11)5-2-6-15(16)26-17-23-9-13(19)10-24-17/h2,5-6,8-10H,3-4,7H2,1H3. The van der Waals surface area contributed by atoms with Gasteiger partial charge >= 0.3 is 12.2 Å². The van der Waals surface area contributed by atoms with E-state index in [-0.39, 0.29) is 18.9 Å². The zero-order chi connectivity index (χ0) is 18.7. The number of rotatable bonds is 5. The molecule has 0 saturated carbocycles. The van der Waals surface area contributed by atoms with E-state index in [2.05, 4.69) is 15.0 Å². The van der Waals surface area contributed by atoms with Gasteiger partial charge in [0.15, 0.2) is 0 Å². The van der Waals surface area contributed by atoms with Gasteiger partial charge in [-0.15, -0.1) is 0 Å². The zero-order valence-corrected chi connectivity index (χ0v) is 14.6. The number of halogens is 4. The zero-order valence-electron chi connectivity index (χ0n) is 13.8. The Labute approximate surface area is 153 Å². The average molecular weight is 382 g/mol. The number of aromatic nitrogens is 3. The van der Waals surface area contributed by atoms with E-state index in [1.807, 2.05) is 6.92 Å². The summed E-state index contributed by atoms with van der Waals surface area (Å²) in [7, 11) is 0. The molecule has 0 radical (unpaired) electrons. The van der Waals surface area contributed by atoms with Crippen molar-refractivity contribution in [2.45, 2.75) is 32.4 Å². The second-order valence-electron chi connectivity index (χ2n) is 5.83. The molecule has 0 atom stereocenters. The molecular formula is C18H15ClF3N3O. The molecule has 0 fully saturated rings. The Bertz CT molecular complexity index is 914. The number of hydrogen-bond donors (Lipinski definition) is 0. The number of fused-ring (bicyclic) bond motifs is 1. The predicted molar refractivity (Wildman–Crippen MR) is 92.6 cm³/mol. The number of pyridine rings is 1. The van der Waals surface area contributed by atoms with Crippen LogP contribution in [0.4, 0.5) is 13.2 Å². The van der Waals surface area contributed by atoms with Crippen molar-refractivity contribution in [1.29, 1.82) is 0 Å². The maximum atomic E-state index is 12.5. The summed E-state index contributed by atoms with van der Waals surface area (Å²) in [5.41, 5.74) is 2.14. The van der Waals surface area contributed by atoms with Crippen LogP contribution in [0.5, 0.6) is 11.8 Å².